The van der Waals surface area contributed by atoms with Crippen LogP contribution < -0.4 is 10.1 Å². The molecule has 4 nitrogen and oxygen atoms in total. The molecule has 0 aliphatic heterocycles. The SMILES string of the molecule is Cc1cccnc1NCc1cccnc1OC(C)C. The van der Waals surface area contributed by atoms with Crippen LogP contribution in [0.15, 0.2) is 36.7 Å². The molecule has 0 amide bonds. The van der Waals surface area contributed by atoms with Gasteiger partial charge in [-0.3, -0.25) is 0 Å². The van der Waals surface area contributed by atoms with Crippen LogP contribution in [0.2, 0.25) is 0 Å². The molecule has 0 aromatic carbocycles. The summed E-state index contributed by atoms with van der Waals surface area (Å²) in [6.45, 7) is 6.67. The van der Waals surface area contributed by atoms with Gasteiger partial charge in [0.1, 0.15) is 5.82 Å². The van der Waals surface area contributed by atoms with E-state index in [2.05, 4.69) is 15.3 Å². The van der Waals surface area contributed by atoms with Gasteiger partial charge in [0.05, 0.1) is 6.10 Å². The summed E-state index contributed by atoms with van der Waals surface area (Å²) < 4.78 is 5.69. The Bertz CT molecular complexity index is 540. The van der Waals surface area contributed by atoms with E-state index in [-0.39, 0.29) is 6.10 Å². The maximum absolute atomic E-state index is 5.69. The van der Waals surface area contributed by atoms with E-state index in [1.807, 2.05) is 45.0 Å². The number of nitrogens with zero attached hydrogens (tertiary/aromatic N) is 2. The number of pyridine rings is 2. The molecule has 0 spiro atoms. The molecule has 1 N–H and O–H groups in total. The fourth-order valence-electron chi connectivity index (χ4n) is 1.74. The van der Waals surface area contributed by atoms with Crippen molar-refractivity contribution in [3.63, 3.8) is 0 Å². The third kappa shape index (κ3) is 3.68. The normalized spacial score (nSPS) is 10.5. The van der Waals surface area contributed by atoms with E-state index < -0.39 is 0 Å². The minimum atomic E-state index is 0.116. The lowest BCUT2D eigenvalue weighted by molar-refractivity contribution is 0.230. The van der Waals surface area contributed by atoms with Gasteiger partial charge in [0.2, 0.25) is 5.88 Å². The minimum Gasteiger partial charge on any atom is -0.475 e. The molecule has 0 aliphatic carbocycles. The molecule has 2 aromatic rings. The predicted octanol–water partition coefficient (Wildman–Crippen LogP) is 3.18. The van der Waals surface area contributed by atoms with Crippen LogP contribution in [0.1, 0.15) is 25.0 Å². The summed E-state index contributed by atoms with van der Waals surface area (Å²) in [7, 11) is 0. The zero-order chi connectivity index (χ0) is 13.7. The van der Waals surface area contributed by atoms with Gasteiger partial charge in [-0.1, -0.05) is 12.1 Å². The van der Waals surface area contributed by atoms with Gasteiger partial charge in [-0.15, -0.1) is 0 Å². The molecule has 0 aliphatic rings. The van der Waals surface area contributed by atoms with Crippen molar-refractivity contribution in [1.29, 1.82) is 0 Å². The van der Waals surface area contributed by atoms with Crippen LogP contribution in [0, 0.1) is 6.92 Å². The van der Waals surface area contributed by atoms with Crippen molar-refractivity contribution in [2.45, 2.75) is 33.4 Å². The Labute approximate surface area is 113 Å². The highest BCUT2D eigenvalue weighted by Crippen LogP contribution is 2.18. The second-order valence-electron chi connectivity index (χ2n) is 4.66. The van der Waals surface area contributed by atoms with Crippen LogP contribution in [0.25, 0.3) is 0 Å². The van der Waals surface area contributed by atoms with Crippen LogP contribution in [-0.2, 0) is 6.54 Å². The molecular formula is C15H19N3O. The summed E-state index contributed by atoms with van der Waals surface area (Å²) in [4.78, 5) is 8.58. The zero-order valence-corrected chi connectivity index (χ0v) is 11.6. The lowest BCUT2D eigenvalue weighted by Gasteiger charge is -2.14. The second-order valence-corrected chi connectivity index (χ2v) is 4.66. The highest BCUT2D eigenvalue weighted by molar-refractivity contribution is 5.43. The van der Waals surface area contributed by atoms with Gasteiger partial charge < -0.3 is 10.1 Å². The predicted molar refractivity (Wildman–Crippen MR) is 76.3 cm³/mol. The average molecular weight is 257 g/mol. The van der Waals surface area contributed by atoms with Crippen LogP contribution in [0.4, 0.5) is 5.82 Å². The molecule has 0 fully saturated rings. The molecule has 0 bridgehead atoms. The first-order chi connectivity index (χ1) is 9.16. The van der Waals surface area contributed by atoms with Crippen molar-refractivity contribution >= 4 is 5.82 Å². The van der Waals surface area contributed by atoms with E-state index in [1.54, 1.807) is 12.4 Å². The number of aryl methyl sites for hydroxylation is 1. The molecule has 0 unspecified atom stereocenters. The highest BCUT2D eigenvalue weighted by Gasteiger charge is 2.07. The van der Waals surface area contributed by atoms with Crippen molar-refractivity contribution in [3.8, 4) is 5.88 Å². The Balaban J connectivity index is 2.09. The fourth-order valence-corrected chi connectivity index (χ4v) is 1.74. The van der Waals surface area contributed by atoms with Crippen LogP contribution >= 0.6 is 0 Å². The molecule has 2 heterocycles. The largest absolute Gasteiger partial charge is 0.475 e. The third-order valence-corrected chi connectivity index (χ3v) is 2.65. The molecule has 2 rings (SSSR count). The first-order valence-corrected chi connectivity index (χ1v) is 6.43. The number of hydrogen-bond acceptors (Lipinski definition) is 4. The summed E-state index contributed by atoms with van der Waals surface area (Å²) in [6, 6.07) is 7.88. The topological polar surface area (TPSA) is 47.0 Å². The fraction of sp³-hybridized carbons (Fsp3) is 0.333. The average Bonchev–Trinajstić information content (AvgIpc) is 2.39. The number of rotatable bonds is 5. The van der Waals surface area contributed by atoms with Crippen molar-refractivity contribution in [1.82, 2.24) is 9.97 Å². The van der Waals surface area contributed by atoms with E-state index >= 15 is 0 Å². The van der Waals surface area contributed by atoms with Crippen molar-refractivity contribution < 1.29 is 4.74 Å². The van der Waals surface area contributed by atoms with Crippen LogP contribution in [-0.4, -0.2) is 16.1 Å². The molecule has 100 valence electrons. The summed E-state index contributed by atoms with van der Waals surface area (Å²) in [6.07, 6.45) is 3.64. The Kier molecular flexibility index (Phi) is 4.34. The number of nitrogens with one attached hydrogen (secondary N) is 1. The summed E-state index contributed by atoms with van der Waals surface area (Å²) in [5, 5.41) is 3.31. The summed E-state index contributed by atoms with van der Waals surface area (Å²) >= 11 is 0. The van der Waals surface area contributed by atoms with Gasteiger partial charge in [-0.2, -0.15) is 0 Å². The summed E-state index contributed by atoms with van der Waals surface area (Å²) in [5.41, 5.74) is 2.15. The molecule has 0 saturated carbocycles. The molecule has 0 radical (unpaired) electrons. The standard InChI is InChI=1S/C15H19N3O/c1-11(2)19-15-13(7-5-9-17-15)10-18-14-12(3)6-4-8-16-14/h4-9,11H,10H2,1-3H3,(H,16,18). The molecule has 19 heavy (non-hydrogen) atoms. The summed E-state index contributed by atoms with van der Waals surface area (Å²) in [5.74, 6) is 1.57. The zero-order valence-electron chi connectivity index (χ0n) is 11.6. The van der Waals surface area contributed by atoms with Gasteiger partial charge in [-0.25, -0.2) is 9.97 Å². The van der Waals surface area contributed by atoms with Gasteiger partial charge >= 0.3 is 0 Å². The maximum Gasteiger partial charge on any atom is 0.218 e. The van der Waals surface area contributed by atoms with E-state index in [4.69, 9.17) is 4.74 Å². The molecule has 0 atom stereocenters. The second kappa shape index (κ2) is 6.18. The first kappa shape index (κ1) is 13.3. The van der Waals surface area contributed by atoms with Crippen molar-refractivity contribution in [2.24, 2.45) is 0 Å². The quantitative estimate of drug-likeness (QED) is 0.893. The first-order valence-electron chi connectivity index (χ1n) is 6.43. The van der Waals surface area contributed by atoms with Gasteiger partial charge in [0.15, 0.2) is 0 Å². The number of aromatic nitrogens is 2. The van der Waals surface area contributed by atoms with E-state index in [9.17, 15) is 0 Å². The van der Waals surface area contributed by atoms with Crippen LogP contribution in [0.3, 0.4) is 0 Å². The van der Waals surface area contributed by atoms with Crippen molar-refractivity contribution in [3.05, 3.63) is 47.8 Å². The minimum absolute atomic E-state index is 0.116. The molecule has 0 saturated heterocycles. The smallest absolute Gasteiger partial charge is 0.218 e. The number of hydrogen-bond donors (Lipinski definition) is 1. The van der Waals surface area contributed by atoms with Crippen LogP contribution in [0.5, 0.6) is 5.88 Å². The maximum atomic E-state index is 5.69. The third-order valence-electron chi connectivity index (χ3n) is 2.65. The lowest BCUT2D eigenvalue weighted by atomic mass is 10.2. The van der Waals surface area contributed by atoms with E-state index in [0.29, 0.717) is 12.4 Å². The Morgan fingerprint density at radius 3 is 2.63 bits per heavy atom. The van der Waals surface area contributed by atoms with E-state index in [0.717, 1.165) is 16.9 Å². The van der Waals surface area contributed by atoms with Crippen molar-refractivity contribution in [2.75, 3.05) is 5.32 Å². The number of ether oxygens (including phenoxy) is 1. The van der Waals surface area contributed by atoms with Gasteiger partial charge in [-0.05, 0) is 38.5 Å². The lowest BCUT2D eigenvalue weighted by Crippen LogP contribution is -2.11. The highest BCUT2D eigenvalue weighted by atomic mass is 16.5. The Morgan fingerprint density at radius 2 is 1.89 bits per heavy atom. The molecule has 2 aromatic heterocycles. The monoisotopic (exact) mass is 257 g/mol. The Hall–Kier alpha value is -2.10. The Morgan fingerprint density at radius 1 is 1.16 bits per heavy atom. The van der Waals surface area contributed by atoms with E-state index in [1.165, 1.54) is 0 Å². The molecular weight excluding hydrogens is 238 g/mol. The number of anilines is 1. The van der Waals surface area contributed by atoms with Gasteiger partial charge in [0.25, 0.3) is 0 Å². The van der Waals surface area contributed by atoms with Gasteiger partial charge in [0, 0.05) is 24.5 Å². The molecule has 4 heteroatoms.